The third-order valence-corrected chi connectivity index (χ3v) is 6.40. The number of thiophene rings is 1. The van der Waals surface area contributed by atoms with Crippen LogP contribution >= 0.6 is 33.9 Å². The predicted molar refractivity (Wildman–Crippen MR) is 133 cm³/mol. The number of nitrogens with zero attached hydrogens (tertiary/aromatic N) is 3. The fraction of sp³-hybridized carbons (Fsp3) is 0.0870. The average molecular weight is 540 g/mol. The highest BCUT2D eigenvalue weighted by atomic mass is 127. The second-order valence-electron chi connectivity index (χ2n) is 6.65. The van der Waals surface area contributed by atoms with Crippen LogP contribution in [0.5, 0.6) is 5.75 Å². The summed E-state index contributed by atoms with van der Waals surface area (Å²) < 4.78 is 6.18. The number of anilines is 3. The van der Waals surface area contributed by atoms with Gasteiger partial charge in [0.1, 0.15) is 17.4 Å². The van der Waals surface area contributed by atoms with Crippen LogP contribution in [-0.2, 0) is 0 Å². The number of carbonyl (C=O) groups is 1. The molecule has 31 heavy (non-hydrogen) atoms. The molecular weight excluding hydrogens is 523 g/mol. The molecule has 0 radical (unpaired) electrons. The molecule has 0 spiro atoms. The van der Waals surface area contributed by atoms with Gasteiger partial charge in [-0.05, 0) is 82.6 Å². The van der Waals surface area contributed by atoms with Crippen molar-refractivity contribution in [2.75, 3.05) is 24.4 Å². The largest absolute Gasteiger partial charge is 0.497 e. The van der Waals surface area contributed by atoms with Crippen molar-refractivity contribution in [1.82, 2.24) is 4.98 Å². The maximum atomic E-state index is 12.9. The first kappa shape index (κ1) is 21.1. The summed E-state index contributed by atoms with van der Waals surface area (Å²) in [7, 11) is 3.48. The van der Waals surface area contributed by atoms with Gasteiger partial charge in [-0.1, -0.05) is 0 Å². The molecule has 2 aromatic carbocycles. The van der Waals surface area contributed by atoms with Gasteiger partial charge in [-0.25, -0.2) is 4.98 Å². The van der Waals surface area contributed by atoms with E-state index in [2.05, 4.69) is 39.0 Å². The number of hydrogen-bond donors (Lipinski definition) is 1. The second-order valence-corrected chi connectivity index (χ2v) is 8.82. The summed E-state index contributed by atoms with van der Waals surface area (Å²) in [5.41, 5.74) is 2.16. The van der Waals surface area contributed by atoms with E-state index >= 15 is 0 Å². The van der Waals surface area contributed by atoms with E-state index in [1.165, 1.54) is 0 Å². The fourth-order valence-electron chi connectivity index (χ4n) is 3.26. The molecule has 0 aliphatic rings. The molecule has 0 bridgehead atoms. The number of amides is 1. The summed E-state index contributed by atoms with van der Waals surface area (Å²) in [6.45, 7) is 0. The Morgan fingerprint density at radius 3 is 2.65 bits per heavy atom. The standard InChI is InChI=1S/C23H17IN4O2S/c1-28(20-4-3-11-31-20)21-17-12-15(24)7-10-19(17)26-22(18(21)13-25)27-23(29)14-5-8-16(30-2)9-6-14/h3-12H,1-2H3,(H,26,27,29). The molecule has 4 rings (SSSR count). The summed E-state index contributed by atoms with van der Waals surface area (Å²) in [5.74, 6) is 0.546. The Balaban J connectivity index is 1.84. The third-order valence-electron chi connectivity index (χ3n) is 4.79. The fourth-order valence-corrected chi connectivity index (χ4v) is 4.45. The first-order valence-electron chi connectivity index (χ1n) is 9.28. The van der Waals surface area contributed by atoms with Gasteiger partial charge in [-0.15, -0.1) is 11.3 Å². The number of nitriles is 1. The van der Waals surface area contributed by atoms with E-state index in [9.17, 15) is 10.1 Å². The molecule has 1 amide bonds. The van der Waals surface area contributed by atoms with Crippen molar-refractivity contribution in [3.63, 3.8) is 0 Å². The van der Waals surface area contributed by atoms with Crippen LogP contribution in [0.3, 0.4) is 0 Å². The number of hydrogen-bond acceptors (Lipinski definition) is 6. The maximum Gasteiger partial charge on any atom is 0.256 e. The van der Waals surface area contributed by atoms with Crippen molar-refractivity contribution in [2.24, 2.45) is 0 Å². The van der Waals surface area contributed by atoms with Crippen molar-refractivity contribution >= 4 is 67.2 Å². The number of carbonyl (C=O) groups excluding carboxylic acids is 1. The Hall–Kier alpha value is -3.16. The minimum atomic E-state index is -0.346. The van der Waals surface area contributed by atoms with E-state index in [-0.39, 0.29) is 11.7 Å². The molecule has 0 saturated carbocycles. The smallest absolute Gasteiger partial charge is 0.256 e. The number of aromatic nitrogens is 1. The van der Waals surface area contributed by atoms with E-state index in [1.807, 2.05) is 47.7 Å². The monoisotopic (exact) mass is 540 g/mol. The lowest BCUT2D eigenvalue weighted by Gasteiger charge is -2.22. The molecule has 0 atom stereocenters. The Morgan fingerprint density at radius 2 is 2.00 bits per heavy atom. The molecule has 2 heterocycles. The van der Waals surface area contributed by atoms with Crippen LogP contribution in [-0.4, -0.2) is 25.0 Å². The van der Waals surface area contributed by atoms with E-state index in [4.69, 9.17) is 4.74 Å². The molecule has 0 fully saturated rings. The summed E-state index contributed by atoms with van der Waals surface area (Å²) in [4.78, 5) is 19.4. The molecule has 0 aliphatic carbocycles. The van der Waals surface area contributed by atoms with Gasteiger partial charge in [-0.3, -0.25) is 4.79 Å². The Morgan fingerprint density at radius 1 is 1.23 bits per heavy atom. The van der Waals surface area contributed by atoms with Gasteiger partial charge in [0.2, 0.25) is 0 Å². The molecule has 154 valence electrons. The molecule has 6 nitrogen and oxygen atoms in total. The Labute approximate surface area is 197 Å². The third kappa shape index (κ3) is 4.19. The number of rotatable bonds is 5. The van der Waals surface area contributed by atoms with E-state index in [1.54, 1.807) is 42.7 Å². The number of ether oxygens (including phenoxy) is 1. The SMILES string of the molecule is COc1ccc(C(=O)Nc2nc3ccc(I)cc3c(N(C)c3cccs3)c2C#N)cc1. The first-order chi connectivity index (χ1) is 15.0. The van der Waals surface area contributed by atoms with Crippen LogP contribution in [0.4, 0.5) is 16.5 Å². The van der Waals surface area contributed by atoms with Gasteiger partial charge in [0.05, 0.1) is 23.3 Å². The number of pyridine rings is 1. The Kier molecular flexibility index (Phi) is 6.06. The molecule has 0 saturated heterocycles. The lowest BCUT2D eigenvalue weighted by Crippen LogP contribution is -2.17. The summed E-state index contributed by atoms with van der Waals surface area (Å²) in [6, 6.07) is 18.8. The van der Waals surface area contributed by atoms with Gasteiger partial charge in [0, 0.05) is 21.6 Å². The minimum absolute atomic E-state index is 0.232. The molecule has 1 N–H and O–H groups in total. The topological polar surface area (TPSA) is 78.2 Å². The van der Waals surface area contributed by atoms with Crippen molar-refractivity contribution < 1.29 is 9.53 Å². The summed E-state index contributed by atoms with van der Waals surface area (Å²) in [6.07, 6.45) is 0. The van der Waals surface area contributed by atoms with Crippen molar-refractivity contribution in [3.05, 3.63) is 74.7 Å². The molecule has 0 aliphatic heterocycles. The van der Waals surface area contributed by atoms with Crippen LogP contribution in [0, 0.1) is 14.9 Å². The van der Waals surface area contributed by atoms with Gasteiger partial charge in [0.15, 0.2) is 5.82 Å². The first-order valence-corrected chi connectivity index (χ1v) is 11.2. The van der Waals surface area contributed by atoms with Crippen molar-refractivity contribution in [2.45, 2.75) is 0 Å². The second kappa shape index (κ2) is 8.91. The van der Waals surface area contributed by atoms with Gasteiger partial charge in [-0.2, -0.15) is 5.26 Å². The molecule has 2 aromatic heterocycles. The normalized spacial score (nSPS) is 10.5. The predicted octanol–water partition coefficient (Wildman–Crippen LogP) is 5.80. The van der Waals surface area contributed by atoms with Gasteiger partial charge >= 0.3 is 0 Å². The average Bonchev–Trinajstić information content (AvgIpc) is 3.33. The quantitative estimate of drug-likeness (QED) is 0.324. The summed E-state index contributed by atoms with van der Waals surface area (Å²) in [5, 5.41) is 16.7. The molecular formula is C23H17IN4O2S. The molecule has 8 heteroatoms. The zero-order valence-electron chi connectivity index (χ0n) is 16.7. The van der Waals surface area contributed by atoms with Crippen molar-refractivity contribution in [1.29, 1.82) is 5.26 Å². The molecule has 0 unspecified atom stereocenters. The lowest BCUT2D eigenvalue weighted by molar-refractivity contribution is 0.102. The number of nitrogens with one attached hydrogen (secondary N) is 1. The van der Waals surface area contributed by atoms with E-state index < -0.39 is 0 Å². The van der Waals surface area contributed by atoms with Crippen LogP contribution in [0.25, 0.3) is 10.9 Å². The van der Waals surface area contributed by atoms with Gasteiger partial charge in [0.25, 0.3) is 5.91 Å². The number of methoxy groups -OCH3 is 1. The van der Waals surface area contributed by atoms with Gasteiger partial charge < -0.3 is 15.0 Å². The van der Waals surface area contributed by atoms with Crippen LogP contribution in [0.2, 0.25) is 0 Å². The zero-order chi connectivity index (χ0) is 22.0. The highest BCUT2D eigenvalue weighted by Gasteiger charge is 2.21. The number of benzene rings is 2. The van der Waals surface area contributed by atoms with E-state index in [0.29, 0.717) is 28.1 Å². The zero-order valence-corrected chi connectivity index (χ0v) is 19.7. The van der Waals surface area contributed by atoms with Crippen LogP contribution in [0.15, 0.2) is 60.0 Å². The highest BCUT2D eigenvalue weighted by Crippen LogP contribution is 2.39. The highest BCUT2D eigenvalue weighted by molar-refractivity contribution is 14.1. The summed E-state index contributed by atoms with van der Waals surface area (Å²) >= 11 is 3.81. The number of halogens is 1. The maximum absolute atomic E-state index is 12.9. The van der Waals surface area contributed by atoms with Crippen LogP contribution in [0.1, 0.15) is 15.9 Å². The lowest BCUT2D eigenvalue weighted by atomic mass is 10.1. The minimum Gasteiger partial charge on any atom is -0.497 e. The Bertz CT molecular complexity index is 1300. The van der Waals surface area contributed by atoms with Crippen LogP contribution < -0.4 is 15.0 Å². The number of fused-ring (bicyclic) bond motifs is 1. The van der Waals surface area contributed by atoms with E-state index in [0.717, 1.165) is 14.0 Å². The molecule has 4 aromatic rings. The van der Waals surface area contributed by atoms with Crippen molar-refractivity contribution in [3.8, 4) is 11.8 Å².